The van der Waals surface area contributed by atoms with Crippen LogP contribution in [0.4, 0.5) is 0 Å². The van der Waals surface area contributed by atoms with Crippen LogP contribution in [0.1, 0.15) is 37.3 Å². The fourth-order valence-corrected chi connectivity index (χ4v) is 3.77. The molecule has 0 saturated heterocycles. The van der Waals surface area contributed by atoms with Gasteiger partial charge in [0.05, 0.1) is 5.52 Å². The van der Waals surface area contributed by atoms with Crippen molar-refractivity contribution in [3.05, 3.63) is 60.6 Å². The molecule has 1 aliphatic carbocycles. The lowest BCUT2D eigenvalue weighted by molar-refractivity contribution is 0.329. The summed E-state index contributed by atoms with van der Waals surface area (Å²) in [7, 11) is 0. The third kappa shape index (κ3) is 3.04. The molecular formula is C21H23N3. The summed E-state index contributed by atoms with van der Waals surface area (Å²) in [6.45, 7) is 0.822. The highest BCUT2D eigenvalue weighted by molar-refractivity contribution is 5.83. The second-order valence-electron chi connectivity index (χ2n) is 6.84. The van der Waals surface area contributed by atoms with Crippen molar-refractivity contribution in [1.29, 1.82) is 0 Å². The van der Waals surface area contributed by atoms with E-state index in [9.17, 15) is 0 Å². The standard InChI is InChI=1S/C21H23N3/c22-13-15-5-7-16(8-6-15)21-12-17(9-10-23-21)19-11-18-3-1-2-4-20(18)24-14-19/h1-4,9-12,14-16H,5-8,13,22H2. The number of nitrogens with zero attached hydrogens (tertiary/aromatic N) is 2. The lowest BCUT2D eigenvalue weighted by Gasteiger charge is -2.27. The number of nitrogens with two attached hydrogens (primary N) is 1. The van der Waals surface area contributed by atoms with E-state index in [-0.39, 0.29) is 0 Å². The molecule has 122 valence electrons. The fourth-order valence-electron chi connectivity index (χ4n) is 3.77. The van der Waals surface area contributed by atoms with Crippen molar-refractivity contribution in [3.8, 4) is 11.1 Å². The summed E-state index contributed by atoms with van der Waals surface area (Å²) in [5, 5.41) is 1.18. The molecule has 0 atom stereocenters. The number of hydrogen-bond donors (Lipinski definition) is 1. The Balaban J connectivity index is 1.62. The van der Waals surface area contributed by atoms with E-state index in [1.807, 2.05) is 24.5 Å². The molecule has 1 fully saturated rings. The van der Waals surface area contributed by atoms with Crippen molar-refractivity contribution in [2.75, 3.05) is 6.54 Å². The molecule has 1 saturated carbocycles. The summed E-state index contributed by atoms with van der Waals surface area (Å²) in [5.41, 5.74) is 10.4. The molecule has 1 aromatic carbocycles. The van der Waals surface area contributed by atoms with Crippen LogP contribution in [-0.4, -0.2) is 16.5 Å². The van der Waals surface area contributed by atoms with Crippen molar-refractivity contribution < 1.29 is 0 Å². The Morgan fingerprint density at radius 2 is 1.75 bits per heavy atom. The third-order valence-corrected chi connectivity index (χ3v) is 5.30. The number of rotatable bonds is 3. The quantitative estimate of drug-likeness (QED) is 0.772. The number of para-hydroxylation sites is 1. The first-order chi connectivity index (χ1) is 11.8. The van der Waals surface area contributed by atoms with Crippen LogP contribution in [0, 0.1) is 5.92 Å². The average Bonchev–Trinajstić information content (AvgIpc) is 2.68. The van der Waals surface area contributed by atoms with Gasteiger partial charge in [-0.1, -0.05) is 18.2 Å². The highest BCUT2D eigenvalue weighted by Gasteiger charge is 2.22. The van der Waals surface area contributed by atoms with Gasteiger partial charge in [0.15, 0.2) is 0 Å². The highest BCUT2D eigenvalue weighted by atomic mass is 14.7. The Morgan fingerprint density at radius 3 is 2.58 bits per heavy atom. The fraction of sp³-hybridized carbons (Fsp3) is 0.333. The van der Waals surface area contributed by atoms with Gasteiger partial charge in [0.2, 0.25) is 0 Å². The predicted molar refractivity (Wildman–Crippen MR) is 98.7 cm³/mol. The van der Waals surface area contributed by atoms with Gasteiger partial charge in [0.25, 0.3) is 0 Å². The third-order valence-electron chi connectivity index (χ3n) is 5.30. The molecule has 0 spiro atoms. The minimum atomic E-state index is 0.571. The van der Waals surface area contributed by atoms with Crippen molar-refractivity contribution in [1.82, 2.24) is 9.97 Å². The van der Waals surface area contributed by atoms with Crippen LogP contribution >= 0.6 is 0 Å². The molecule has 0 radical (unpaired) electrons. The molecule has 4 rings (SSSR count). The number of aromatic nitrogens is 2. The Labute approximate surface area is 142 Å². The van der Waals surface area contributed by atoms with Gasteiger partial charge in [-0.3, -0.25) is 9.97 Å². The topological polar surface area (TPSA) is 51.8 Å². The molecule has 0 unspecified atom stereocenters. The SMILES string of the molecule is NCC1CCC(c2cc(-c3cnc4ccccc4c3)ccn2)CC1. The van der Waals surface area contributed by atoms with Gasteiger partial charge in [-0.25, -0.2) is 0 Å². The van der Waals surface area contributed by atoms with Gasteiger partial charge in [0, 0.05) is 35.0 Å². The molecule has 1 aliphatic rings. The average molecular weight is 317 g/mol. The predicted octanol–water partition coefficient (Wildman–Crippen LogP) is 4.53. The maximum Gasteiger partial charge on any atom is 0.0702 e. The number of hydrogen-bond acceptors (Lipinski definition) is 3. The maximum atomic E-state index is 5.81. The minimum absolute atomic E-state index is 0.571. The van der Waals surface area contributed by atoms with Gasteiger partial charge in [-0.05, 0) is 68.0 Å². The Bertz CT molecular complexity index is 835. The van der Waals surface area contributed by atoms with E-state index in [2.05, 4.69) is 40.3 Å². The molecule has 24 heavy (non-hydrogen) atoms. The van der Waals surface area contributed by atoms with E-state index in [4.69, 9.17) is 5.73 Å². The molecule has 0 aliphatic heterocycles. The zero-order valence-corrected chi connectivity index (χ0v) is 13.9. The summed E-state index contributed by atoms with van der Waals surface area (Å²) < 4.78 is 0. The second-order valence-corrected chi connectivity index (χ2v) is 6.84. The van der Waals surface area contributed by atoms with Crippen LogP contribution in [0.2, 0.25) is 0 Å². The Morgan fingerprint density at radius 1 is 0.917 bits per heavy atom. The molecule has 2 heterocycles. The summed E-state index contributed by atoms with van der Waals surface area (Å²) >= 11 is 0. The number of fused-ring (bicyclic) bond motifs is 1. The molecule has 3 heteroatoms. The first-order valence-electron chi connectivity index (χ1n) is 8.84. The van der Waals surface area contributed by atoms with Gasteiger partial charge < -0.3 is 5.73 Å². The summed E-state index contributed by atoms with van der Waals surface area (Å²) in [6, 6.07) is 14.8. The van der Waals surface area contributed by atoms with E-state index >= 15 is 0 Å². The summed E-state index contributed by atoms with van der Waals surface area (Å²) in [4.78, 5) is 9.24. The molecule has 3 aromatic rings. The molecule has 2 N–H and O–H groups in total. The van der Waals surface area contributed by atoms with Crippen LogP contribution in [0.3, 0.4) is 0 Å². The Kier molecular flexibility index (Phi) is 4.26. The molecule has 2 aromatic heterocycles. The van der Waals surface area contributed by atoms with Gasteiger partial charge in [0.1, 0.15) is 0 Å². The van der Waals surface area contributed by atoms with Crippen molar-refractivity contribution in [2.24, 2.45) is 11.7 Å². The second kappa shape index (κ2) is 6.70. The lowest BCUT2D eigenvalue weighted by Crippen LogP contribution is -2.21. The number of benzene rings is 1. The summed E-state index contributed by atoms with van der Waals surface area (Å²) in [6.07, 6.45) is 8.76. The minimum Gasteiger partial charge on any atom is -0.330 e. The van der Waals surface area contributed by atoms with Crippen molar-refractivity contribution in [2.45, 2.75) is 31.6 Å². The smallest absolute Gasteiger partial charge is 0.0702 e. The van der Waals surface area contributed by atoms with Crippen LogP contribution in [-0.2, 0) is 0 Å². The summed E-state index contributed by atoms with van der Waals surface area (Å²) in [5.74, 6) is 1.27. The van der Waals surface area contributed by atoms with Crippen LogP contribution < -0.4 is 5.73 Å². The monoisotopic (exact) mass is 317 g/mol. The lowest BCUT2D eigenvalue weighted by atomic mass is 9.80. The van der Waals surface area contributed by atoms with E-state index in [0.29, 0.717) is 11.8 Å². The van der Waals surface area contributed by atoms with Crippen LogP contribution in [0.5, 0.6) is 0 Å². The van der Waals surface area contributed by atoms with Crippen LogP contribution in [0.15, 0.2) is 54.9 Å². The zero-order chi connectivity index (χ0) is 16.4. The van der Waals surface area contributed by atoms with E-state index in [1.54, 1.807) is 0 Å². The van der Waals surface area contributed by atoms with Crippen molar-refractivity contribution in [3.63, 3.8) is 0 Å². The van der Waals surface area contributed by atoms with Crippen LogP contribution in [0.25, 0.3) is 22.0 Å². The zero-order valence-electron chi connectivity index (χ0n) is 13.9. The van der Waals surface area contributed by atoms with E-state index in [1.165, 1.54) is 42.3 Å². The molecule has 3 nitrogen and oxygen atoms in total. The largest absolute Gasteiger partial charge is 0.330 e. The molecule has 0 amide bonds. The highest BCUT2D eigenvalue weighted by Crippen LogP contribution is 2.35. The van der Waals surface area contributed by atoms with Gasteiger partial charge in [-0.2, -0.15) is 0 Å². The Hall–Kier alpha value is -2.26. The first-order valence-corrected chi connectivity index (χ1v) is 8.84. The first kappa shape index (κ1) is 15.3. The van der Waals surface area contributed by atoms with E-state index in [0.717, 1.165) is 17.6 Å². The number of pyridine rings is 2. The normalized spacial score (nSPS) is 21.0. The molecule has 0 bridgehead atoms. The van der Waals surface area contributed by atoms with E-state index < -0.39 is 0 Å². The maximum absolute atomic E-state index is 5.81. The molecular weight excluding hydrogens is 294 g/mol. The van der Waals surface area contributed by atoms with Gasteiger partial charge in [-0.15, -0.1) is 0 Å². The van der Waals surface area contributed by atoms with Gasteiger partial charge >= 0.3 is 0 Å². The van der Waals surface area contributed by atoms with Crippen molar-refractivity contribution >= 4 is 10.9 Å².